The molecule has 0 spiro atoms. The molecule has 0 aromatic heterocycles. The molecule has 0 fully saturated rings. The maximum atomic E-state index is 9.11. The van der Waals surface area contributed by atoms with Crippen LogP contribution in [0.25, 0.3) is 0 Å². The van der Waals surface area contributed by atoms with E-state index in [0.717, 1.165) is 29.9 Å². The number of hydrogen-bond acceptors (Lipinski definition) is 2. The summed E-state index contributed by atoms with van der Waals surface area (Å²) in [5, 5.41) is 9.11. The predicted octanol–water partition coefficient (Wildman–Crippen LogP) is 2.67. The van der Waals surface area contributed by atoms with Crippen LogP contribution in [0, 0.1) is 6.92 Å². The normalized spacial score (nSPS) is 9.88. The average molecular weight is 217 g/mol. The number of nitrogens with zero attached hydrogens (tertiary/aromatic N) is 1. The van der Waals surface area contributed by atoms with Crippen LogP contribution in [-0.4, -0.2) is 18.2 Å². The minimum atomic E-state index is 0.0923. The monoisotopic (exact) mass is 217 g/mol. The van der Waals surface area contributed by atoms with Crippen molar-refractivity contribution in [1.82, 2.24) is 0 Å². The first-order valence-electron chi connectivity index (χ1n) is 5.40. The highest BCUT2D eigenvalue weighted by Crippen LogP contribution is 2.19. The van der Waals surface area contributed by atoms with Gasteiger partial charge < -0.3 is 10.0 Å². The van der Waals surface area contributed by atoms with Crippen LogP contribution in [0.3, 0.4) is 0 Å². The molecule has 1 rings (SSSR count). The highest BCUT2D eigenvalue weighted by atomic mass is 16.3. The Labute approximate surface area is 97.5 Å². The van der Waals surface area contributed by atoms with Crippen molar-refractivity contribution in [1.29, 1.82) is 0 Å². The van der Waals surface area contributed by atoms with Gasteiger partial charge in [-0.25, -0.2) is 0 Å². The average Bonchev–Trinajstić information content (AvgIpc) is 2.28. The standard InChI is InChI=1S/C14H19NO/c1-4-8-15(9-5-2)14-7-6-13(11-16)12(3)10-14/h4-7,10,16H,1-2,8-9,11H2,3H3. The van der Waals surface area contributed by atoms with E-state index in [1.165, 1.54) is 0 Å². The maximum Gasteiger partial charge on any atom is 0.0684 e. The van der Waals surface area contributed by atoms with E-state index in [-0.39, 0.29) is 6.61 Å². The molecule has 16 heavy (non-hydrogen) atoms. The van der Waals surface area contributed by atoms with Gasteiger partial charge in [0.25, 0.3) is 0 Å². The minimum absolute atomic E-state index is 0.0923. The first-order chi connectivity index (χ1) is 7.72. The van der Waals surface area contributed by atoms with Gasteiger partial charge >= 0.3 is 0 Å². The first-order valence-corrected chi connectivity index (χ1v) is 5.40. The summed E-state index contributed by atoms with van der Waals surface area (Å²) in [5.74, 6) is 0. The number of aliphatic hydroxyl groups is 1. The smallest absolute Gasteiger partial charge is 0.0684 e. The summed E-state index contributed by atoms with van der Waals surface area (Å²) >= 11 is 0. The van der Waals surface area contributed by atoms with E-state index in [4.69, 9.17) is 5.11 Å². The predicted molar refractivity (Wildman–Crippen MR) is 69.7 cm³/mol. The molecule has 0 saturated carbocycles. The van der Waals surface area contributed by atoms with Gasteiger partial charge in [0.05, 0.1) is 6.61 Å². The summed E-state index contributed by atoms with van der Waals surface area (Å²) in [7, 11) is 0. The molecule has 1 aromatic rings. The Kier molecular flexibility index (Phi) is 4.80. The van der Waals surface area contributed by atoms with Crippen LogP contribution in [0.5, 0.6) is 0 Å². The highest BCUT2D eigenvalue weighted by Gasteiger charge is 2.04. The van der Waals surface area contributed by atoms with E-state index in [1.807, 2.05) is 31.2 Å². The number of aryl methyl sites for hydroxylation is 1. The van der Waals surface area contributed by atoms with Crippen molar-refractivity contribution < 1.29 is 5.11 Å². The maximum absolute atomic E-state index is 9.11. The number of benzene rings is 1. The van der Waals surface area contributed by atoms with Gasteiger partial charge in [-0.15, -0.1) is 13.2 Å². The molecule has 2 nitrogen and oxygen atoms in total. The zero-order chi connectivity index (χ0) is 12.0. The molecule has 1 aromatic carbocycles. The van der Waals surface area contributed by atoms with Gasteiger partial charge in [0.1, 0.15) is 0 Å². The number of anilines is 1. The first kappa shape index (κ1) is 12.5. The lowest BCUT2D eigenvalue weighted by atomic mass is 10.1. The lowest BCUT2D eigenvalue weighted by Gasteiger charge is -2.22. The van der Waals surface area contributed by atoms with Crippen molar-refractivity contribution >= 4 is 5.69 Å². The van der Waals surface area contributed by atoms with Crippen molar-refractivity contribution in [3.8, 4) is 0 Å². The van der Waals surface area contributed by atoms with E-state index >= 15 is 0 Å². The molecule has 0 radical (unpaired) electrons. The third-order valence-corrected chi connectivity index (χ3v) is 2.56. The Hall–Kier alpha value is -1.54. The zero-order valence-electron chi connectivity index (χ0n) is 9.82. The lowest BCUT2D eigenvalue weighted by molar-refractivity contribution is 0.281. The summed E-state index contributed by atoms with van der Waals surface area (Å²) in [6.45, 7) is 11.2. The van der Waals surface area contributed by atoms with E-state index < -0.39 is 0 Å². The van der Waals surface area contributed by atoms with Crippen molar-refractivity contribution in [2.24, 2.45) is 0 Å². The molecule has 2 heteroatoms. The second-order valence-electron chi connectivity index (χ2n) is 3.75. The highest BCUT2D eigenvalue weighted by molar-refractivity contribution is 5.51. The van der Waals surface area contributed by atoms with Crippen molar-refractivity contribution in [3.63, 3.8) is 0 Å². The van der Waals surface area contributed by atoms with Gasteiger partial charge in [-0.1, -0.05) is 18.2 Å². The van der Waals surface area contributed by atoms with Gasteiger partial charge in [-0.2, -0.15) is 0 Å². The van der Waals surface area contributed by atoms with E-state index in [9.17, 15) is 0 Å². The van der Waals surface area contributed by atoms with Crippen molar-refractivity contribution in [2.45, 2.75) is 13.5 Å². The van der Waals surface area contributed by atoms with Gasteiger partial charge in [0.2, 0.25) is 0 Å². The minimum Gasteiger partial charge on any atom is -0.392 e. The summed E-state index contributed by atoms with van der Waals surface area (Å²) in [6, 6.07) is 6.06. The fourth-order valence-electron chi connectivity index (χ4n) is 1.65. The van der Waals surface area contributed by atoms with E-state index in [1.54, 1.807) is 0 Å². The van der Waals surface area contributed by atoms with Crippen LogP contribution in [0.1, 0.15) is 11.1 Å². The number of aliphatic hydroxyl groups excluding tert-OH is 1. The van der Waals surface area contributed by atoms with Crippen LogP contribution >= 0.6 is 0 Å². The topological polar surface area (TPSA) is 23.5 Å². The Morgan fingerprint density at radius 1 is 1.25 bits per heavy atom. The molecule has 0 aliphatic rings. The van der Waals surface area contributed by atoms with Crippen LogP contribution < -0.4 is 4.90 Å². The quantitative estimate of drug-likeness (QED) is 0.740. The lowest BCUT2D eigenvalue weighted by Crippen LogP contribution is -2.23. The SMILES string of the molecule is C=CCN(CC=C)c1ccc(CO)c(C)c1. The fraction of sp³-hybridized carbons (Fsp3) is 0.286. The van der Waals surface area contributed by atoms with Crippen molar-refractivity contribution in [3.05, 3.63) is 54.6 Å². The molecular formula is C14H19NO. The third kappa shape index (κ3) is 2.97. The number of hydrogen-bond donors (Lipinski definition) is 1. The Bertz CT molecular complexity index is 361. The van der Waals surface area contributed by atoms with Gasteiger partial charge in [-0.3, -0.25) is 0 Å². The zero-order valence-corrected chi connectivity index (χ0v) is 9.82. The van der Waals surface area contributed by atoms with Crippen LogP contribution in [-0.2, 0) is 6.61 Å². The summed E-state index contributed by atoms with van der Waals surface area (Å²) < 4.78 is 0. The molecule has 0 atom stereocenters. The molecule has 0 unspecified atom stereocenters. The Morgan fingerprint density at radius 3 is 2.31 bits per heavy atom. The molecule has 86 valence electrons. The summed E-state index contributed by atoms with van der Waals surface area (Å²) in [6.07, 6.45) is 3.75. The fourth-order valence-corrected chi connectivity index (χ4v) is 1.65. The molecule has 0 aliphatic carbocycles. The van der Waals surface area contributed by atoms with Crippen LogP contribution in [0.2, 0.25) is 0 Å². The molecule has 1 N–H and O–H groups in total. The number of rotatable bonds is 6. The molecule has 0 aliphatic heterocycles. The van der Waals surface area contributed by atoms with E-state index in [0.29, 0.717) is 0 Å². The largest absolute Gasteiger partial charge is 0.392 e. The molecule has 0 bridgehead atoms. The van der Waals surface area contributed by atoms with Crippen LogP contribution in [0.15, 0.2) is 43.5 Å². The van der Waals surface area contributed by atoms with Gasteiger partial charge in [-0.05, 0) is 30.2 Å². The second kappa shape index (κ2) is 6.13. The van der Waals surface area contributed by atoms with Gasteiger partial charge in [0.15, 0.2) is 0 Å². The Morgan fingerprint density at radius 2 is 1.88 bits per heavy atom. The van der Waals surface area contributed by atoms with Crippen molar-refractivity contribution in [2.75, 3.05) is 18.0 Å². The summed E-state index contributed by atoms with van der Waals surface area (Å²) in [5.41, 5.74) is 3.22. The van der Waals surface area contributed by atoms with Gasteiger partial charge in [0, 0.05) is 18.8 Å². The molecule has 0 heterocycles. The molecule has 0 amide bonds. The van der Waals surface area contributed by atoms with E-state index in [2.05, 4.69) is 24.1 Å². The van der Waals surface area contributed by atoms with Crippen LogP contribution in [0.4, 0.5) is 5.69 Å². The summed E-state index contributed by atoms with van der Waals surface area (Å²) in [4.78, 5) is 2.17. The third-order valence-electron chi connectivity index (χ3n) is 2.56. The second-order valence-corrected chi connectivity index (χ2v) is 3.75. The molecule has 0 saturated heterocycles. The molecular weight excluding hydrogens is 198 g/mol. The Balaban J connectivity index is 2.95.